The second-order valence-corrected chi connectivity index (χ2v) is 5.57. The summed E-state index contributed by atoms with van der Waals surface area (Å²) in [6.45, 7) is 7.97. The van der Waals surface area contributed by atoms with E-state index in [1.807, 2.05) is 6.92 Å². The average Bonchev–Trinajstić information content (AvgIpc) is 2.35. The molecule has 0 amide bonds. The van der Waals surface area contributed by atoms with Crippen LogP contribution < -0.4 is 0 Å². The first kappa shape index (κ1) is 14.3. The summed E-state index contributed by atoms with van der Waals surface area (Å²) in [4.78, 5) is 11.5. The van der Waals surface area contributed by atoms with Crippen LogP contribution in [0.25, 0.3) is 0 Å². The van der Waals surface area contributed by atoms with Crippen LogP contribution in [0.3, 0.4) is 0 Å². The lowest BCUT2D eigenvalue weighted by Gasteiger charge is -2.40. The second kappa shape index (κ2) is 6.23. The lowest BCUT2D eigenvalue weighted by Crippen LogP contribution is -2.40. The van der Waals surface area contributed by atoms with Crippen LogP contribution in [0, 0.1) is 17.3 Å². The van der Waals surface area contributed by atoms with Crippen LogP contribution in [0.1, 0.15) is 58.8 Å². The minimum atomic E-state index is -0.626. The molecular weight excluding hydrogens is 212 g/mol. The predicted octanol–water partition coefficient (Wildman–Crippen LogP) is 4.26. The van der Waals surface area contributed by atoms with Crippen molar-refractivity contribution in [2.45, 2.75) is 58.8 Å². The third kappa shape index (κ3) is 3.11. The molecule has 98 valence electrons. The highest BCUT2D eigenvalue weighted by molar-refractivity contribution is 5.75. The maximum Gasteiger partial charge on any atom is 0.310 e. The van der Waals surface area contributed by atoms with Crippen molar-refractivity contribution in [2.24, 2.45) is 17.3 Å². The smallest absolute Gasteiger partial charge is 0.310 e. The Morgan fingerprint density at radius 1 is 1.53 bits per heavy atom. The van der Waals surface area contributed by atoms with Crippen LogP contribution in [0.4, 0.5) is 0 Å². The van der Waals surface area contributed by atoms with E-state index in [0.717, 1.165) is 31.6 Å². The Bertz CT molecular complexity index is 262. The van der Waals surface area contributed by atoms with Gasteiger partial charge in [0.2, 0.25) is 0 Å². The van der Waals surface area contributed by atoms with Crippen LogP contribution in [0.15, 0.2) is 12.7 Å². The first-order valence-electron chi connectivity index (χ1n) is 6.92. The van der Waals surface area contributed by atoms with Crippen LogP contribution in [-0.2, 0) is 4.79 Å². The minimum Gasteiger partial charge on any atom is -0.481 e. The van der Waals surface area contributed by atoms with Gasteiger partial charge in [0.05, 0.1) is 5.41 Å². The van der Waals surface area contributed by atoms with Gasteiger partial charge in [-0.3, -0.25) is 4.79 Å². The van der Waals surface area contributed by atoms with E-state index in [9.17, 15) is 9.90 Å². The van der Waals surface area contributed by atoms with Gasteiger partial charge in [0.15, 0.2) is 0 Å². The zero-order valence-electron chi connectivity index (χ0n) is 11.2. The Morgan fingerprint density at radius 2 is 2.12 bits per heavy atom. The van der Waals surface area contributed by atoms with Crippen molar-refractivity contribution in [1.82, 2.24) is 0 Å². The Kier molecular flexibility index (Phi) is 5.23. The molecule has 0 spiro atoms. The summed E-state index contributed by atoms with van der Waals surface area (Å²) in [5, 5.41) is 9.50. The topological polar surface area (TPSA) is 37.3 Å². The fourth-order valence-corrected chi connectivity index (χ4v) is 3.06. The van der Waals surface area contributed by atoms with E-state index >= 15 is 0 Å². The van der Waals surface area contributed by atoms with Crippen molar-refractivity contribution in [3.8, 4) is 0 Å². The van der Waals surface area contributed by atoms with Crippen LogP contribution in [0.5, 0.6) is 0 Å². The van der Waals surface area contributed by atoms with Crippen LogP contribution in [-0.4, -0.2) is 11.1 Å². The largest absolute Gasteiger partial charge is 0.481 e. The van der Waals surface area contributed by atoms with Crippen molar-refractivity contribution >= 4 is 5.97 Å². The monoisotopic (exact) mass is 238 g/mol. The van der Waals surface area contributed by atoms with Crippen molar-refractivity contribution in [3.63, 3.8) is 0 Å². The normalized spacial score (nSPS) is 30.8. The molecule has 1 unspecified atom stereocenters. The maximum absolute atomic E-state index is 11.5. The number of rotatable bonds is 6. The summed E-state index contributed by atoms with van der Waals surface area (Å²) < 4.78 is 0. The Balaban J connectivity index is 2.61. The highest BCUT2D eigenvalue weighted by Gasteiger charge is 2.44. The van der Waals surface area contributed by atoms with Gasteiger partial charge in [-0.2, -0.15) is 0 Å². The number of allylic oxidation sites excluding steroid dienone is 1. The summed E-state index contributed by atoms with van der Waals surface area (Å²) in [5.41, 5.74) is -0.537. The summed E-state index contributed by atoms with van der Waals surface area (Å²) in [5.74, 6) is 0.199. The predicted molar refractivity (Wildman–Crippen MR) is 70.9 cm³/mol. The second-order valence-electron chi connectivity index (χ2n) is 5.57. The molecule has 0 radical (unpaired) electrons. The van der Waals surface area contributed by atoms with Gasteiger partial charge in [-0.05, 0) is 37.5 Å². The van der Waals surface area contributed by atoms with E-state index < -0.39 is 11.4 Å². The van der Waals surface area contributed by atoms with E-state index in [1.165, 1.54) is 19.3 Å². The maximum atomic E-state index is 11.5. The van der Waals surface area contributed by atoms with Crippen molar-refractivity contribution in [1.29, 1.82) is 0 Å². The van der Waals surface area contributed by atoms with E-state index in [1.54, 1.807) is 6.08 Å². The molecule has 1 aliphatic carbocycles. The first-order chi connectivity index (χ1) is 8.06. The lowest BCUT2D eigenvalue weighted by molar-refractivity contribution is -0.154. The molecule has 0 aromatic carbocycles. The number of unbranched alkanes of at least 4 members (excludes halogenated alkanes) is 1. The van der Waals surface area contributed by atoms with Gasteiger partial charge < -0.3 is 5.11 Å². The van der Waals surface area contributed by atoms with E-state index in [2.05, 4.69) is 13.5 Å². The SMILES string of the molecule is C=CC(C)C1(C(=O)O)CCC(CCCC)CC1. The van der Waals surface area contributed by atoms with Crippen molar-refractivity contribution in [2.75, 3.05) is 0 Å². The Labute approximate surface area is 105 Å². The van der Waals surface area contributed by atoms with E-state index in [4.69, 9.17) is 0 Å². The van der Waals surface area contributed by atoms with Crippen LogP contribution in [0.2, 0.25) is 0 Å². The molecule has 1 rings (SSSR count). The third-order valence-corrected chi connectivity index (χ3v) is 4.61. The molecule has 17 heavy (non-hydrogen) atoms. The summed E-state index contributed by atoms with van der Waals surface area (Å²) in [6, 6.07) is 0. The van der Waals surface area contributed by atoms with Gasteiger partial charge >= 0.3 is 5.97 Å². The third-order valence-electron chi connectivity index (χ3n) is 4.61. The Morgan fingerprint density at radius 3 is 2.53 bits per heavy atom. The molecule has 1 N–H and O–H groups in total. The minimum absolute atomic E-state index is 0.0760. The molecule has 0 aromatic rings. The van der Waals surface area contributed by atoms with E-state index in [0.29, 0.717) is 0 Å². The standard InChI is InChI=1S/C15H26O2/c1-4-6-7-13-8-10-15(11-9-13,14(16)17)12(3)5-2/h5,12-13H,2,4,6-11H2,1,3H3,(H,16,17). The molecule has 1 saturated carbocycles. The van der Waals surface area contributed by atoms with Crippen molar-refractivity contribution < 1.29 is 9.90 Å². The van der Waals surface area contributed by atoms with Gasteiger partial charge in [-0.15, -0.1) is 6.58 Å². The molecule has 2 heteroatoms. The number of aliphatic carboxylic acids is 1. The zero-order chi connectivity index (χ0) is 12.9. The first-order valence-corrected chi connectivity index (χ1v) is 6.92. The van der Waals surface area contributed by atoms with Crippen LogP contribution >= 0.6 is 0 Å². The molecule has 0 heterocycles. The number of hydrogen-bond donors (Lipinski definition) is 1. The molecule has 1 fully saturated rings. The molecule has 1 atom stereocenters. The number of carbonyl (C=O) groups is 1. The Hall–Kier alpha value is -0.790. The molecule has 0 saturated heterocycles. The lowest BCUT2D eigenvalue weighted by atomic mass is 9.63. The fraction of sp³-hybridized carbons (Fsp3) is 0.800. The number of carboxylic acids is 1. The van der Waals surface area contributed by atoms with E-state index in [-0.39, 0.29) is 5.92 Å². The summed E-state index contributed by atoms with van der Waals surface area (Å²) in [6.07, 6.45) is 9.39. The van der Waals surface area contributed by atoms with Gasteiger partial charge in [-0.25, -0.2) is 0 Å². The molecule has 0 aliphatic heterocycles. The highest BCUT2D eigenvalue weighted by atomic mass is 16.4. The molecule has 0 bridgehead atoms. The number of hydrogen-bond acceptors (Lipinski definition) is 1. The van der Waals surface area contributed by atoms with Gasteiger partial charge in [0, 0.05) is 0 Å². The molecule has 1 aliphatic rings. The fourth-order valence-electron chi connectivity index (χ4n) is 3.06. The molecular formula is C15H26O2. The zero-order valence-corrected chi connectivity index (χ0v) is 11.2. The molecule has 2 nitrogen and oxygen atoms in total. The highest BCUT2D eigenvalue weighted by Crippen LogP contribution is 2.46. The van der Waals surface area contributed by atoms with Gasteiger partial charge in [0.25, 0.3) is 0 Å². The van der Waals surface area contributed by atoms with Gasteiger partial charge in [0.1, 0.15) is 0 Å². The number of carboxylic acid groups (broad SMARTS) is 1. The van der Waals surface area contributed by atoms with Crippen molar-refractivity contribution in [3.05, 3.63) is 12.7 Å². The summed E-state index contributed by atoms with van der Waals surface area (Å²) in [7, 11) is 0. The average molecular weight is 238 g/mol. The summed E-state index contributed by atoms with van der Waals surface area (Å²) >= 11 is 0. The molecule has 0 aromatic heterocycles. The quantitative estimate of drug-likeness (QED) is 0.702. The van der Waals surface area contributed by atoms with Gasteiger partial charge in [-0.1, -0.05) is 39.2 Å².